The third-order valence-corrected chi connectivity index (χ3v) is 20.0. The molecule has 19 heteroatoms. The van der Waals surface area contributed by atoms with E-state index in [9.17, 15) is 43.2 Å². The minimum Gasteiger partial charge on any atom is -0.462 e. The maximum atomic E-state index is 13.1. The van der Waals surface area contributed by atoms with Gasteiger partial charge in [0.2, 0.25) is 0 Å². The van der Waals surface area contributed by atoms with E-state index in [-0.39, 0.29) is 25.7 Å². The van der Waals surface area contributed by atoms with Gasteiger partial charge in [0.1, 0.15) is 19.3 Å². The van der Waals surface area contributed by atoms with Gasteiger partial charge in [-0.05, 0) is 43.4 Å². The molecule has 0 spiro atoms. The highest BCUT2D eigenvalue weighted by Crippen LogP contribution is 2.45. The van der Waals surface area contributed by atoms with Crippen LogP contribution in [-0.2, 0) is 65.4 Å². The van der Waals surface area contributed by atoms with Gasteiger partial charge in [-0.2, -0.15) is 0 Å². The Morgan fingerprint density at radius 1 is 0.278 bits per heavy atom. The molecule has 0 rings (SSSR count). The van der Waals surface area contributed by atoms with E-state index in [1.807, 2.05) is 0 Å². The van der Waals surface area contributed by atoms with Gasteiger partial charge in [0, 0.05) is 25.7 Å². The third-order valence-electron chi connectivity index (χ3n) is 18.1. The monoisotopic (exact) mass is 1420 g/mol. The molecular weight excluding hydrogens is 1270 g/mol. The first kappa shape index (κ1) is 95.1. The number of hydrogen-bond donors (Lipinski definition) is 3. The van der Waals surface area contributed by atoms with Crippen LogP contribution in [0.5, 0.6) is 0 Å². The molecule has 0 aliphatic heterocycles. The lowest BCUT2D eigenvalue weighted by molar-refractivity contribution is -0.161. The summed E-state index contributed by atoms with van der Waals surface area (Å²) < 4.78 is 68.6. The van der Waals surface area contributed by atoms with Gasteiger partial charge in [-0.15, -0.1) is 0 Å². The van der Waals surface area contributed by atoms with Crippen LogP contribution in [-0.4, -0.2) is 96.7 Å². The molecule has 0 aromatic rings. The zero-order valence-electron chi connectivity index (χ0n) is 63.5. The molecule has 2 unspecified atom stereocenters. The van der Waals surface area contributed by atoms with E-state index in [0.29, 0.717) is 25.7 Å². The zero-order valence-corrected chi connectivity index (χ0v) is 65.3. The number of aliphatic hydroxyl groups is 1. The summed E-state index contributed by atoms with van der Waals surface area (Å²) >= 11 is 0. The number of unbranched alkanes of at least 4 members (excludes halogenated alkanes) is 44. The van der Waals surface area contributed by atoms with E-state index in [0.717, 1.165) is 108 Å². The van der Waals surface area contributed by atoms with Crippen molar-refractivity contribution in [3.05, 3.63) is 0 Å². The maximum absolute atomic E-state index is 13.1. The predicted octanol–water partition coefficient (Wildman–Crippen LogP) is 23.0. The fourth-order valence-electron chi connectivity index (χ4n) is 12.0. The molecule has 0 amide bonds. The molecule has 17 nitrogen and oxygen atoms in total. The molecule has 0 aromatic heterocycles. The van der Waals surface area contributed by atoms with Gasteiger partial charge in [-0.1, -0.05) is 350 Å². The van der Waals surface area contributed by atoms with Crippen molar-refractivity contribution in [3.63, 3.8) is 0 Å². The summed E-state index contributed by atoms with van der Waals surface area (Å²) in [5.41, 5.74) is 0. The predicted molar refractivity (Wildman–Crippen MR) is 395 cm³/mol. The van der Waals surface area contributed by atoms with Gasteiger partial charge in [0.15, 0.2) is 12.2 Å². The van der Waals surface area contributed by atoms with Crippen LogP contribution in [0.4, 0.5) is 0 Å². The average molecular weight is 1420 g/mol. The van der Waals surface area contributed by atoms with Crippen LogP contribution in [0, 0.1) is 17.8 Å². The molecular formula is C78H152O17P2. The highest BCUT2D eigenvalue weighted by atomic mass is 31.2. The van der Waals surface area contributed by atoms with E-state index < -0.39 is 97.5 Å². The third kappa shape index (κ3) is 72.2. The van der Waals surface area contributed by atoms with Crippen molar-refractivity contribution in [2.45, 2.75) is 420 Å². The number of esters is 4. The quantitative estimate of drug-likeness (QED) is 0.0222. The van der Waals surface area contributed by atoms with Crippen LogP contribution in [0.2, 0.25) is 0 Å². The number of carbonyl (C=O) groups excluding carboxylic acids is 4. The van der Waals surface area contributed by atoms with Crippen molar-refractivity contribution < 1.29 is 80.2 Å². The van der Waals surface area contributed by atoms with Crippen LogP contribution in [0.15, 0.2) is 0 Å². The average Bonchev–Trinajstić information content (AvgIpc) is 1.07. The van der Waals surface area contributed by atoms with Crippen molar-refractivity contribution >= 4 is 39.5 Å². The fraction of sp³-hybridized carbons (Fsp3) is 0.949. The molecule has 0 saturated carbocycles. The summed E-state index contributed by atoms with van der Waals surface area (Å²) in [6.07, 6.45) is 55.4. The van der Waals surface area contributed by atoms with Crippen molar-refractivity contribution in [2.75, 3.05) is 39.6 Å². The molecule has 0 bridgehead atoms. The molecule has 97 heavy (non-hydrogen) atoms. The highest BCUT2D eigenvalue weighted by Gasteiger charge is 2.30. The maximum Gasteiger partial charge on any atom is 0.472 e. The molecule has 5 atom stereocenters. The highest BCUT2D eigenvalue weighted by molar-refractivity contribution is 7.47. The summed E-state index contributed by atoms with van der Waals surface area (Å²) in [6.45, 7) is 11.9. The summed E-state index contributed by atoms with van der Waals surface area (Å²) in [5.74, 6) is 0.199. The Kier molecular flexibility index (Phi) is 67.1. The summed E-state index contributed by atoms with van der Waals surface area (Å²) in [7, 11) is -9.92. The number of ether oxygens (including phenoxy) is 4. The molecule has 0 aromatic carbocycles. The van der Waals surface area contributed by atoms with Crippen LogP contribution in [0.3, 0.4) is 0 Å². The topological polar surface area (TPSA) is 237 Å². The van der Waals surface area contributed by atoms with Crippen molar-refractivity contribution in [3.8, 4) is 0 Å². The van der Waals surface area contributed by atoms with Crippen molar-refractivity contribution in [1.82, 2.24) is 0 Å². The van der Waals surface area contributed by atoms with Gasteiger partial charge >= 0.3 is 39.5 Å². The van der Waals surface area contributed by atoms with Gasteiger partial charge in [0.25, 0.3) is 0 Å². The number of rotatable bonds is 76. The second kappa shape index (κ2) is 68.5. The second-order valence-electron chi connectivity index (χ2n) is 29.5. The molecule has 576 valence electrons. The Hall–Kier alpha value is -1.94. The first-order chi connectivity index (χ1) is 46.7. The van der Waals surface area contributed by atoms with Crippen LogP contribution >= 0.6 is 15.6 Å². The number of aliphatic hydroxyl groups excluding tert-OH is 1. The van der Waals surface area contributed by atoms with E-state index in [4.69, 9.17) is 37.0 Å². The van der Waals surface area contributed by atoms with E-state index in [2.05, 4.69) is 48.5 Å². The molecule has 0 aliphatic rings. The smallest absolute Gasteiger partial charge is 0.462 e. The molecule has 3 N–H and O–H groups in total. The van der Waals surface area contributed by atoms with Crippen LogP contribution in [0.1, 0.15) is 402 Å². The van der Waals surface area contributed by atoms with Crippen molar-refractivity contribution in [1.29, 1.82) is 0 Å². The number of phosphoric acid groups is 2. The van der Waals surface area contributed by atoms with Gasteiger partial charge < -0.3 is 33.8 Å². The molecule has 0 heterocycles. The van der Waals surface area contributed by atoms with Crippen molar-refractivity contribution in [2.24, 2.45) is 17.8 Å². The van der Waals surface area contributed by atoms with Gasteiger partial charge in [-0.25, -0.2) is 9.13 Å². The summed E-state index contributed by atoms with van der Waals surface area (Å²) in [5, 5.41) is 10.6. The summed E-state index contributed by atoms with van der Waals surface area (Å²) in [6, 6.07) is 0. The lowest BCUT2D eigenvalue weighted by Crippen LogP contribution is -2.30. The standard InChI is InChI=1S/C78H152O17P2/c1-8-9-10-11-12-13-14-18-26-31-40-47-54-61-77(82)95-74(66-89-76(81)60-53-46-39-34-33-37-44-51-58-71(6)7)68-93-97(86,87)91-64-72(79)63-90-96(84,85)92-67-73(65-88-75(80)59-52-45-38-30-25-22-17-20-24-29-36-43-50-57-70(4)5)94-78(83)62-55-48-41-32-27-21-16-15-19-23-28-35-42-49-56-69(2)3/h69-74,79H,8-68H2,1-7H3,(H,84,85)(H,86,87)/t72-,73-,74-/m1/s1. The molecule has 0 aliphatic carbocycles. The Balaban J connectivity index is 5.26. The molecule has 0 radical (unpaired) electrons. The number of hydrogen-bond acceptors (Lipinski definition) is 15. The Morgan fingerprint density at radius 3 is 0.701 bits per heavy atom. The Bertz CT molecular complexity index is 1890. The number of carbonyl (C=O) groups is 4. The van der Waals surface area contributed by atoms with Gasteiger partial charge in [-0.3, -0.25) is 37.3 Å². The molecule has 0 saturated heterocycles. The minimum absolute atomic E-state index is 0.107. The Labute approximate surface area is 594 Å². The Morgan fingerprint density at radius 2 is 0.474 bits per heavy atom. The van der Waals surface area contributed by atoms with E-state index in [1.54, 1.807) is 0 Å². The summed E-state index contributed by atoms with van der Waals surface area (Å²) in [4.78, 5) is 72.9. The van der Waals surface area contributed by atoms with E-state index >= 15 is 0 Å². The fourth-order valence-corrected chi connectivity index (χ4v) is 13.5. The largest absolute Gasteiger partial charge is 0.472 e. The lowest BCUT2D eigenvalue weighted by atomic mass is 10.0. The zero-order chi connectivity index (χ0) is 71.6. The first-order valence-electron chi connectivity index (χ1n) is 40.3. The molecule has 0 fully saturated rings. The first-order valence-corrected chi connectivity index (χ1v) is 43.3. The second-order valence-corrected chi connectivity index (χ2v) is 32.4. The minimum atomic E-state index is -4.96. The number of phosphoric ester groups is 2. The van der Waals surface area contributed by atoms with Gasteiger partial charge in [0.05, 0.1) is 26.4 Å². The van der Waals surface area contributed by atoms with E-state index in [1.165, 1.54) is 212 Å². The van der Waals surface area contributed by atoms with Crippen LogP contribution < -0.4 is 0 Å². The lowest BCUT2D eigenvalue weighted by Gasteiger charge is -2.21. The normalized spacial score (nSPS) is 14.0. The van der Waals surface area contributed by atoms with Crippen LogP contribution in [0.25, 0.3) is 0 Å². The SMILES string of the molecule is CCCCCCCCCCCCCCCC(=O)O[C@H](COC(=O)CCCCCCCCCCC(C)C)COP(=O)(O)OC[C@H](O)COP(=O)(O)OC[C@@H](COC(=O)CCCCCCCCCCCCCCCC(C)C)OC(=O)CCCCCCCCCCCCCCCCC(C)C.